The molecule has 1 atom stereocenters. The van der Waals surface area contributed by atoms with E-state index in [2.05, 4.69) is 36.3 Å². The molecule has 92 valence electrons. The quantitative estimate of drug-likeness (QED) is 0.883. The second-order valence-electron chi connectivity index (χ2n) is 4.21. The van der Waals surface area contributed by atoms with Crippen LogP contribution in [-0.4, -0.2) is 9.55 Å². The minimum atomic E-state index is 0.386. The van der Waals surface area contributed by atoms with Crippen LogP contribution in [0, 0.1) is 0 Å². The van der Waals surface area contributed by atoms with Crippen LogP contribution in [0.15, 0.2) is 24.5 Å². The number of rotatable bonds is 5. The van der Waals surface area contributed by atoms with E-state index >= 15 is 0 Å². The number of imidazole rings is 1. The van der Waals surface area contributed by atoms with Crippen LogP contribution < -0.4 is 5.32 Å². The third kappa shape index (κ3) is 2.96. The van der Waals surface area contributed by atoms with Crippen molar-refractivity contribution < 1.29 is 0 Å². The lowest BCUT2D eigenvalue weighted by molar-refractivity contribution is 0.556. The van der Waals surface area contributed by atoms with Crippen molar-refractivity contribution >= 4 is 11.3 Å². The van der Waals surface area contributed by atoms with E-state index in [9.17, 15) is 0 Å². The summed E-state index contributed by atoms with van der Waals surface area (Å²) < 4.78 is 2.05. The van der Waals surface area contributed by atoms with Crippen molar-refractivity contribution in [3.63, 3.8) is 0 Å². The van der Waals surface area contributed by atoms with Gasteiger partial charge in [-0.15, -0.1) is 11.3 Å². The Hall–Kier alpha value is -1.13. The third-order valence-electron chi connectivity index (χ3n) is 2.95. The van der Waals surface area contributed by atoms with Gasteiger partial charge in [0.2, 0.25) is 0 Å². The molecule has 1 N–H and O–H groups in total. The smallest absolute Gasteiger partial charge is 0.122 e. The zero-order valence-corrected chi connectivity index (χ0v) is 11.4. The molecule has 2 aromatic rings. The highest BCUT2D eigenvalue weighted by Crippen LogP contribution is 2.23. The van der Waals surface area contributed by atoms with Gasteiger partial charge in [-0.05, 0) is 25.5 Å². The molecule has 0 aliphatic carbocycles. The van der Waals surface area contributed by atoms with Gasteiger partial charge in [0.15, 0.2) is 0 Å². The fraction of sp³-hybridized carbons (Fsp3) is 0.462. The number of thiophene rings is 1. The second kappa shape index (κ2) is 5.47. The molecule has 2 rings (SSSR count). The van der Waals surface area contributed by atoms with Crippen LogP contribution in [-0.2, 0) is 20.0 Å². The molecule has 0 aliphatic rings. The number of aryl methyl sites for hydroxylation is 2. The topological polar surface area (TPSA) is 29.9 Å². The fourth-order valence-electron chi connectivity index (χ4n) is 1.73. The van der Waals surface area contributed by atoms with E-state index in [4.69, 9.17) is 0 Å². The van der Waals surface area contributed by atoms with Crippen LogP contribution in [0.3, 0.4) is 0 Å². The standard InChI is InChI=1S/C13H19N3S/c1-4-11-5-6-12(17-11)10(2)15-9-13-14-7-8-16(13)3/h5-8,10,15H,4,9H2,1-3H3. The van der Waals surface area contributed by atoms with E-state index in [-0.39, 0.29) is 0 Å². The van der Waals surface area contributed by atoms with Crippen molar-refractivity contribution in [3.05, 3.63) is 40.1 Å². The summed E-state index contributed by atoms with van der Waals surface area (Å²) in [6.45, 7) is 5.21. The molecule has 0 amide bonds. The minimum Gasteiger partial charge on any atom is -0.337 e. The molecule has 0 spiro atoms. The SMILES string of the molecule is CCc1ccc(C(C)NCc2nccn2C)s1. The van der Waals surface area contributed by atoms with Gasteiger partial charge in [-0.3, -0.25) is 0 Å². The summed E-state index contributed by atoms with van der Waals surface area (Å²) in [5, 5.41) is 3.51. The lowest BCUT2D eigenvalue weighted by Gasteiger charge is -2.11. The van der Waals surface area contributed by atoms with Crippen molar-refractivity contribution in [2.75, 3.05) is 0 Å². The Morgan fingerprint density at radius 1 is 1.47 bits per heavy atom. The molecular weight excluding hydrogens is 230 g/mol. The summed E-state index contributed by atoms with van der Waals surface area (Å²) >= 11 is 1.89. The maximum absolute atomic E-state index is 4.31. The molecule has 0 radical (unpaired) electrons. The van der Waals surface area contributed by atoms with Crippen LogP contribution in [0.5, 0.6) is 0 Å². The maximum atomic E-state index is 4.31. The van der Waals surface area contributed by atoms with Crippen LogP contribution in [0.2, 0.25) is 0 Å². The predicted molar refractivity (Wildman–Crippen MR) is 72.2 cm³/mol. The van der Waals surface area contributed by atoms with Crippen molar-refractivity contribution in [3.8, 4) is 0 Å². The Morgan fingerprint density at radius 2 is 2.29 bits per heavy atom. The molecule has 1 unspecified atom stereocenters. The first kappa shape index (κ1) is 12.3. The molecule has 0 saturated heterocycles. The maximum Gasteiger partial charge on any atom is 0.122 e. The molecule has 0 aliphatic heterocycles. The van der Waals surface area contributed by atoms with Gasteiger partial charge in [-0.2, -0.15) is 0 Å². The van der Waals surface area contributed by atoms with Gasteiger partial charge in [-0.1, -0.05) is 6.92 Å². The Bertz CT molecular complexity index is 472. The molecule has 0 bridgehead atoms. The van der Waals surface area contributed by atoms with Gasteiger partial charge in [-0.25, -0.2) is 4.98 Å². The molecule has 4 heteroatoms. The van der Waals surface area contributed by atoms with Crippen LogP contribution in [0.25, 0.3) is 0 Å². The third-order valence-corrected chi connectivity index (χ3v) is 4.36. The van der Waals surface area contributed by atoms with Crippen molar-refractivity contribution in [1.29, 1.82) is 0 Å². The monoisotopic (exact) mass is 249 g/mol. The van der Waals surface area contributed by atoms with Gasteiger partial charge in [0.25, 0.3) is 0 Å². The van der Waals surface area contributed by atoms with Gasteiger partial charge < -0.3 is 9.88 Å². The summed E-state index contributed by atoms with van der Waals surface area (Å²) in [5.74, 6) is 1.07. The second-order valence-corrected chi connectivity index (χ2v) is 5.41. The van der Waals surface area contributed by atoms with Gasteiger partial charge in [0.1, 0.15) is 5.82 Å². The number of hydrogen-bond acceptors (Lipinski definition) is 3. The lowest BCUT2D eigenvalue weighted by atomic mass is 10.2. The molecule has 0 fully saturated rings. The summed E-state index contributed by atoms with van der Waals surface area (Å²) in [6, 6.07) is 4.83. The average molecular weight is 249 g/mol. The molecular formula is C13H19N3S. The number of hydrogen-bond donors (Lipinski definition) is 1. The Kier molecular flexibility index (Phi) is 3.97. The Balaban J connectivity index is 1.93. The van der Waals surface area contributed by atoms with E-state index in [0.29, 0.717) is 6.04 Å². The molecule has 2 heterocycles. The van der Waals surface area contributed by atoms with Crippen LogP contribution >= 0.6 is 11.3 Å². The van der Waals surface area contributed by atoms with E-state index in [1.807, 2.05) is 35.3 Å². The largest absolute Gasteiger partial charge is 0.337 e. The number of aromatic nitrogens is 2. The first-order valence-corrected chi connectivity index (χ1v) is 6.80. The fourth-order valence-corrected chi connectivity index (χ4v) is 2.71. The minimum absolute atomic E-state index is 0.386. The molecule has 3 nitrogen and oxygen atoms in total. The normalized spacial score (nSPS) is 12.9. The highest BCUT2D eigenvalue weighted by Gasteiger charge is 2.08. The zero-order valence-electron chi connectivity index (χ0n) is 10.6. The highest BCUT2D eigenvalue weighted by atomic mass is 32.1. The van der Waals surface area contributed by atoms with Crippen molar-refractivity contribution in [1.82, 2.24) is 14.9 Å². The van der Waals surface area contributed by atoms with Crippen molar-refractivity contribution in [2.45, 2.75) is 32.9 Å². The van der Waals surface area contributed by atoms with E-state index in [1.165, 1.54) is 9.75 Å². The first-order valence-electron chi connectivity index (χ1n) is 5.99. The molecule has 0 aromatic carbocycles. The van der Waals surface area contributed by atoms with Gasteiger partial charge in [0, 0.05) is 35.2 Å². The lowest BCUT2D eigenvalue weighted by Crippen LogP contribution is -2.19. The highest BCUT2D eigenvalue weighted by molar-refractivity contribution is 7.12. The van der Waals surface area contributed by atoms with Crippen molar-refractivity contribution in [2.24, 2.45) is 7.05 Å². The van der Waals surface area contributed by atoms with E-state index < -0.39 is 0 Å². The Labute approximate surface area is 107 Å². The zero-order chi connectivity index (χ0) is 12.3. The summed E-state index contributed by atoms with van der Waals surface area (Å²) in [5.41, 5.74) is 0. The average Bonchev–Trinajstić information content (AvgIpc) is 2.94. The first-order chi connectivity index (χ1) is 8.20. The van der Waals surface area contributed by atoms with E-state index in [1.54, 1.807) is 0 Å². The molecule has 0 saturated carbocycles. The summed E-state index contributed by atoms with van der Waals surface area (Å²) in [4.78, 5) is 7.16. The summed E-state index contributed by atoms with van der Waals surface area (Å²) in [6.07, 6.45) is 4.93. The van der Waals surface area contributed by atoms with Gasteiger partial charge >= 0.3 is 0 Å². The summed E-state index contributed by atoms with van der Waals surface area (Å²) in [7, 11) is 2.02. The Morgan fingerprint density at radius 3 is 2.88 bits per heavy atom. The molecule has 17 heavy (non-hydrogen) atoms. The number of nitrogens with zero attached hydrogens (tertiary/aromatic N) is 2. The van der Waals surface area contributed by atoms with E-state index in [0.717, 1.165) is 18.8 Å². The van der Waals surface area contributed by atoms with Crippen LogP contribution in [0.4, 0.5) is 0 Å². The van der Waals surface area contributed by atoms with Crippen LogP contribution in [0.1, 0.15) is 35.5 Å². The number of nitrogens with one attached hydrogen (secondary N) is 1. The predicted octanol–water partition coefficient (Wildman–Crippen LogP) is 2.89. The van der Waals surface area contributed by atoms with Gasteiger partial charge in [0.05, 0.1) is 6.54 Å². The molecule has 2 aromatic heterocycles.